The zero-order valence-electron chi connectivity index (χ0n) is 18.6. The number of piperidine rings is 2. The normalized spacial score (nSPS) is 22.8. The number of halogens is 1. The molecule has 0 radical (unpaired) electrons. The van der Waals surface area contributed by atoms with Gasteiger partial charge in [0.2, 0.25) is 5.91 Å². The quantitative estimate of drug-likeness (QED) is 0.656. The lowest BCUT2D eigenvalue weighted by Gasteiger charge is -2.48. The summed E-state index contributed by atoms with van der Waals surface area (Å²) < 4.78 is 0.972. The number of nitrogens with one attached hydrogen (secondary N) is 1. The molecule has 2 aliphatic heterocycles. The molecule has 2 heterocycles. The van der Waals surface area contributed by atoms with Crippen molar-refractivity contribution in [2.24, 2.45) is 5.92 Å². The van der Waals surface area contributed by atoms with Crippen LogP contribution in [0.15, 0.2) is 28.7 Å². The number of amides is 2. The van der Waals surface area contributed by atoms with Crippen molar-refractivity contribution in [3.63, 3.8) is 0 Å². The van der Waals surface area contributed by atoms with Crippen LogP contribution in [0.5, 0.6) is 0 Å². The number of carbonyl (C=O) groups is 2. The van der Waals surface area contributed by atoms with Crippen molar-refractivity contribution in [3.8, 4) is 0 Å². The zero-order valence-corrected chi connectivity index (χ0v) is 20.2. The molecular weight excluding hydrogens is 454 g/mol. The van der Waals surface area contributed by atoms with Gasteiger partial charge in [-0.15, -0.1) is 0 Å². The van der Waals surface area contributed by atoms with Crippen LogP contribution in [-0.4, -0.2) is 59.9 Å². The fourth-order valence-corrected chi connectivity index (χ4v) is 5.96. The summed E-state index contributed by atoms with van der Waals surface area (Å²) in [5.74, 6) is 0.284. The van der Waals surface area contributed by atoms with Crippen molar-refractivity contribution in [2.75, 3.05) is 32.7 Å². The molecule has 0 unspecified atom stereocenters. The Balaban J connectivity index is 1.29. The second kappa shape index (κ2) is 10.5. The van der Waals surface area contributed by atoms with Crippen molar-refractivity contribution >= 4 is 27.7 Å². The standard InChI is InChI=1S/C25H36BrN3O2/c26-22-9-7-21(8-10-22)24(31)28-17-11-20(12-18-28)23(30)27-19-25(13-3-1-4-14-25)29-15-5-2-6-16-29/h7-10,20H,1-6,11-19H2,(H,27,30). The minimum absolute atomic E-state index is 0.0240. The first-order valence-corrected chi connectivity index (χ1v) is 12.9. The van der Waals surface area contributed by atoms with E-state index in [4.69, 9.17) is 0 Å². The number of hydrogen-bond acceptors (Lipinski definition) is 3. The minimum Gasteiger partial charge on any atom is -0.354 e. The molecule has 31 heavy (non-hydrogen) atoms. The van der Waals surface area contributed by atoms with Crippen LogP contribution in [0.1, 0.15) is 74.6 Å². The van der Waals surface area contributed by atoms with E-state index in [1.54, 1.807) is 0 Å². The molecule has 0 aromatic heterocycles. The summed E-state index contributed by atoms with van der Waals surface area (Å²) in [6.45, 7) is 4.48. The van der Waals surface area contributed by atoms with Gasteiger partial charge in [-0.05, 0) is 75.9 Å². The van der Waals surface area contributed by atoms with Crippen molar-refractivity contribution in [2.45, 2.75) is 69.7 Å². The average molecular weight is 490 g/mol. The molecule has 0 spiro atoms. The van der Waals surface area contributed by atoms with Gasteiger partial charge < -0.3 is 10.2 Å². The summed E-state index contributed by atoms with van der Waals surface area (Å²) in [6, 6.07) is 7.51. The summed E-state index contributed by atoms with van der Waals surface area (Å²) in [7, 11) is 0. The number of rotatable bonds is 5. The van der Waals surface area contributed by atoms with E-state index in [1.807, 2.05) is 29.2 Å². The van der Waals surface area contributed by atoms with Crippen molar-refractivity contribution in [1.82, 2.24) is 15.1 Å². The molecule has 2 amide bonds. The van der Waals surface area contributed by atoms with E-state index < -0.39 is 0 Å². The fraction of sp³-hybridized carbons (Fsp3) is 0.680. The monoisotopic (exact) mass is 489 g/mol. The van der Waals surface area contributed by atoms with Gasteiger partial charge in [-0.25, -0.2) is 0 Å². The van der Waals surface area contributed by atoms with E-state index in [0.717, 1.165) is 23.9 Å². The van der Waals surface area contributed by atoms with Crippen LogP contribution in [0.25, 0.3) is 0 Å². The summed E-state index contributed by atoms with van der Waals surface area (Å²) in [6.07, 6.45) is 11.8. The molecule has 1 aromatic rings. The third kappa shape index (κ3) is 5.51. The Kier molecular flexibility index (Phi) is 7.70. The lowest BCUT2D eigenvalue weighted by Crippen LogP contribution is -2.58. The second-order valence-electron chi connectivity index (χ2n) is 9.62. The van der Waals surface area contributed by atoms with E-state index in [0.29, 0.717) is 18.7 Å². The highest BCUT2D eigenvalue weighted by Crippen LogP contribution is 2.35. The van der Waals surface area contributed by atoms with Crippen LogP contribution in [-0.2, 0) is 4.79 Å². The molecule has 2 saturated heterocycles. The Labute approximate surface area is 195 Å². The molecule has 3 fully saturated rings. The molecule has 5 nitrogen and oxygen atoms in total. The summed E-state index contributed by atoms with van der Waals surface area (Å²) >= 11 is 3.41. The van der Waals surface area contributed by atoms with Gasteiger partial charge in [-0.2, -0.15) is 0 Å². The minimum atomic E-state index is 0.0240. The van der Waals surface area contributed by atoms with E-state index in [2.05, 4.69) is 26.1 Å². The molecule has 170 valence electrons. The zero-order chi connectivity index (χ0) is 21.7. The third-order valence-corrected chi connectivity index (χ3v) is 8.18. The second-order valence-corrected chi connectivity index (χ2v) is 10.5. The lowest BCUT2D eigenvalue weighted by molar-refractivity contribution is -0.127. The Morgan fingerprint density at radius 1 is 0.903 bits per heavy atom. The van der Waals surface area contributed by atoms with E-state index in [-0.39, 0.29) is 23.3 Å². The van der Waals surface area contributed by atoms with E-state index >= 15 is 0 Å². The van der Waals surface area contributed by atoms with Gasteiger partial charge in [0.1, 0.15) is 0 Å². The van der Waals surface area contributed by atoms with Crippen LogP contribution in [0.2, 0.25) is 0 Å². The SMILES string of the molecule is O=C(NCC1(N2CCCCC2)CCCCC1)C1CCN(C(=O)c2ccc(Br)cc2)CC1. The molecule has 0 atom stereocenters. The van der Waals surface area contributed by atoms with Gasteiger partial charge >= 0.3 is 0 Å². The molecule has 6 heteroatoms. The lowest BCUT2D eigenvalue weighted by atomic mass is 9.79. The Morgan fingerprint density at radius 3 is 2.16 bits per heavy atom. The topological polar surface area (TPSA) is 52.7 Å². The van der Waals surface area contributed by atoms with Crippen LogP contribution >= 0.6 is 15.9 Å². The smallest absolute Gasteiger partial charge is 0.253 e. The number of likely N-dealkylation sites (tertiary alicyclic amines) is 2. The fourth-order valence-electron chi connectivity index (χ4n) is 5.70. The van der Waals surface area contributed by atoms with Gasteiger partial charge in [0, 0.05) is 41.1 Å². The van der Waals surface area contributed by atoms with Gasteiger partial charge in [-0.1, -0.05) is 41.6 Å². The predicted molar refractivity (Wildman–Crippen MR) is 127 cm³/mol. The van der Waals surface area contributed by atoms with E-state index in [9.17, 15) is 9.59 Å². The first-order chi connectivity index (χ1) is 15.1. The summed E-state index contributed by atoms with van der Waals surface area (Å²) in [4.78, 5) is 30.3. The van der Waals surface area contributed by atoms with Crippen molar-refractivity contribution in [3.05, 3.63) is 34.3 Å². The molecule has 1 N–H and O–H groups in total. The number of nitrogens with zero attached hydrogens (tertiary/aromatic N) is 2. The van der Waals surface area contributed by atoms with Gasteiger partial charge in [0.05, 0.1) is 0 Å². The Bertz CT molecular complexity index is 747. The van der Waals surface area contributed by atoms with Crippen molar-refractivity contribution < 1.29 is 9.59 Å². The molecule has 1 aliphatic carbocycles. The highest BCUT2D eigenvalue weighted by atomic mass is 79.9. The molecule has 4 rings (SSSR count). The van der Waals surface area contributed by atoms with Gasteiger partial charge in [0.15, 0.2) is 0 Å². The molecule has 3 aliphatic rings. The number of benzene rings is 1. The third-order valence-electron chi connectivity index (χ3n) is 7.65. The Morgan fingerprint density at radius 2 is 1.52 bits per heavy atom. The molecule has 1 saturated carbocycles. The molecule has 0 bridgehead atoms. The highest BCUT2D eigenvalue weighted by molar-refractivity contribution is 9.10. The van der Waals surface area contributed by atoms with E-state index in [1.165, 1.54) is 64.5 Å². The highest BCUT2D eigenvalue weighted by Gasteiger charge is 2.39. The van der Waals surface area contributed by atoms with Gasteiger partial charge in [0.25, 0.3) is 5.91 Å². The van der Waals surface area contributed by atoms with Crippen molar-refractivity contribution in [1.29, 1.82) is 0 Å². The maximum Gasteiger partial charge on any atom is 0.253 e. The van der Waals surface area contributed by atoms with Gasteiger partial charge in [-0.3, -0.25) is 14.5 Å². The summed E-state index contributed by atoms with van der Waals surface area (Å²) in [5.41, 5.74) is 0.888. The Hall–Kier alpha value is -1.40. The number of hydrogen-bond donors (Lipinski definition) is 1. The largest absolute Gasteiger partial charge is 0.354 e. The molecular formula is C25H36BrN3O2. The van der Waals surface area contributed by atoms with Crippen LogP contribution in [0, 0.1) is 5.92 Å². The summed E-state index contributed by atoms with van der Waals surface area (Å²) in [5, 5.41) is 3.35. The van der Waals surface area contributed by atoms with Crippen LogP contribution in [0.4, 0.5) is 0 Å². The average Bonchev–Trinajstić information content (AvgIpc) is 2.84. The first-order valence-electron chi connectivity index (χ1n) is 12.2. The first kappa shape index (κ1) is 22.8. The maximum atomic E-state index is 13.0. The predicted octanol–water partition coefficient (Wildman–Crippen LogP) is 4.61. The number of carbonyl (C=O) groups excluding carboxylic acids is 2. The molecule has 1 aromatic carbocycles. The van der Waals surface area contributed by atoms with Crippen LogP contribution in [0.3, 0.4) is 0 Å². The van der Waals surface area contributed by atoms with Crippen LogP contribution < -0.4 is 5.32 Å². The maximum absolute atomic E-state index is 13.0.